The number of nitrogens with zero attached hydrogens (tertiary/aromatic N) is 1. The first-order valence-corrected chi connectivity index (χ1v) is 5.69. The lowest BCUT2D eigenvalue weighted by Gasteiger charge is -2.20. The Hall–Kier alpha value is -2.10. The van der Waals surface area contributed by atoms with Gasteiger partial charge in [0, 0.05) is 11.8 Å². The van der Waals surface area contributed by atoms with Crippen LogP contribution in [0.3, 0.4) is 0 Å². The maximum absolute atomic E-state index is 11.9. The molecule has 0 atom stereocenters. The standard InChI is InChI=1S/C14H15NO3/c1-14(2,3)18-13(16)12-9-15-8-10-6-4-5-7-11(10)17-12/h4-9H,1-3H3. The first-order valence-electron chi connectivity index (χ1n) is 5.69. The lowest BCUT2D eigenvalue weighted by molar-refractivity contribution is -0.152. The van der Waals surface area contributed by atoms with Gasteiger partial charge in [0.25, 0.3) is 0 Å². The van der Waals surface area contributed by atoms with E-state index in [-0.39, 0.29) is 5.76 Å². The van der Waals surface area contributed by atoms with Crippen molar-refractivity contribution in [2.45, 2.75) is 26.4 Å². The zero-order chi connectivity index (χ0) is 13.2. The van der Waals surface area contributed by atoms with Crippen molar-refractivity contribution in [3.63, 3.8) is 0 Å². The van der Waals surface area contributed by atoms with Crippen LogP contribution in [0.2, 0.25) is 0 Å². The third-order valence-electron chi connectivity index (χ3n) is 2.14. The molecule has 0 aromatic heterocycles. The Balaban J connectivity index is 2.21. The van der Waals surface area contributed by atoms with E-state index >= 15 is 0 Å². The summed E-state index contributed by atoms with van der Waals surface area (Å²) in [5.74, 6) is 0.165. The third-order valence-corrected chi connectivity index (χ3v) is 2.14. The lowest BCUT2D eigenvalue weighted by atomic mass is 10.2. The van der Waals surface area contributed by atoms with Gasteiger partial charge in [-0.15, -0.1) is 0 Å². The first-order chi connectivity index (χ1) is 8.46. The monoisotopic (exact) mass is 245 g/mol. The summed E-state index contributed by atoms with van der Waals surface area (Å²) in [7, 11) is 0. The molecule has 0 spiro atoms. The van der Waals surface area contributed by atoms with Gasteiger partial charge in [0.2, 0.25) is 5.76 Å². The van der Waals surface area contributed by atoms with Gasteiger partial charge in [-0.05, 0) is 32.9 Å². The van der Waals surface area contributed by atoms with Crippen molar-refractivity contribution >= 4 is 12.2 Å². The summed E-state index contributed by atoms with van der Waals surface area (Å²) in [5.41, 5.74) is 0.268. The van der Waals surface area contributed by atoms with Gasteiger partial charge in [-0.2, -0.15) is 0 Å². The molecule has 0 aliphatic carbocycles. The normalized spacial score (nSPS) is 14.1. The van der Waals surface area contributed by atoms with Crippen molar-refractivity contribution in [1.29, 1.82) is 0 Å². The minimum atomic E-state index is -0.559. The van der Waals surface area contributed by atoms with Crippen LogP contribution in [0, 0.1) is 0 Å². The molecule has 0 bridgehead atoms. The highest BCUT2D eigenvalue weighted by Crippen LogP contribution is 2.22. The van der Waals surface area contributed by atoms with Gasteiger partial charge in [-0.3, -0.25) is 4.99 Å². The molecule has 1 aliphatic rings. The summed E-state index contributed by atoms with van der Waals surface area (Å²) in [6, 6.07) is 7.37. The molecule has 1 aliphatic heterocycles. The maximum Gasteiger partial charge on any atom is 0.376 e. The maximum atomic E-state index is 11.9. The molecule has 94 valence electrons. The quantitative estimate of drug-likeness (QED) is 0.715. The highest BCUT2D eigenvalue weighted by atomic mass is 16.6. The van der Waals surface area contributed by atoms with E-state index in [9.17, 15) is 4.79 Å². The smallest absolute Gasteiger partial charge is 0.376 e. The number of aliphatic imine (C=N–C) groups is 1. The fourth-order valence-electron chi connectivity index (χ4n) is 1.43. The minimum absolute atomic E-state index is 0.0890. The lowest BCUT2D eigenvalue weighted by Crippen LogP contribution is -2.26. The molecule has 0 fully saturated rings. The number of carbonyl (C=O) groups is 1. The Kier molecular flexibility index (Phi) is 3.19. The summed E-state index contributed by atoms with van der Waals surface area (Å²) < 4.78 is 10.8. The van der Waals surface area contributed by atoms with E-state index in [2.05, 4.69) is 4.99 Å². The summed E-state index contributed by atoms with van der Waals surface area (Å²) >= 11 is 0. The average Bonchev–Trinajstić information content (AvgIpc) is 2.48. The Bertz CT molecular complexity index is 524. The zero-order valence-electron chi connectivity index (χ0n) is 10.6. The fraction of sp³-hybridized carbons (Fsp3) is 0.286. The molecule has 0 unspecified atom stereocenters. The molecule has 1 aromatic carbocycles. The molecular weight excluding hydrogens is 230 g/mol. The number of hydrogen-bond acceptors (Lipinski definition) is 4. The summed E-state index contributed by atoms with van der Waals surface area (Å²) in [5, 5.41) is 0. The molecule has 1 heterocycles. The second-order valence-electron chi connectivity index (χ2n) is 4.91. The number of rotatable bonds is 1. The van der Waals surface area contributed by atoms with Crippen LogP contribution in [0.1, 0.15) is 26.3 Å². The minimum Gasteiger partial charge on any atom is -0.454 e. The van der Waals surface area contributed by atoms with E-state index in [1.165, 1.54) is 6.20 Å². The predicted octanol–water partition coefficient (Wildman–Crippen LogP) is 2.68. The summed E-state index contributed by atoms with van der Waals surface area (Å²) in [6.07, 6.45) is 3.01. The van der Waals surface area contributed by atoms with Gasteiger partial charge < -0.3 is 9.47 Å². The molecule has 4 heteroatoms. The first kappa shape index (κ1) is 12.4. The summed E-state index contributed by atoms with van der Waals surface area (Å²) in [6.45, 7) is 5.41. The van der Waals surface area contributed by atoms with Gasteiger partial charge in [0.05, 0.1) is 6.20 Å². The van der Waals surface area contributed by atoms with Gasteiger partial charge >= 0.3 is 5.97 Å². The van der Waals surface area contributed by atoms with E-state index < -0.39 is 11.6 Å². The van der Waals surface area contributed by atoms with Gasteiger partial charge in [0.1, 0.15) is 11.4 Å². The van der Waals surface area contributed by atoms with Crippen LogP contribution in [0.4, 0.5) is 0 Å². The molecule has 0 saturated heterocycles. The average molecular weight is 245 g/mol. The van der Waals surface area contributed by atoms with E-state index in [4.69, 9.17) is 9.47 Å². The Morgan fingerprint density at radius 2 is 2.00 bits per heavy atom. The SMILES string of the molecule is CC(C)(C)OC(=O)C1=CN=Cc2ccccc2O1. The van der Waals surface area contributed by atoms with Gasteiger partial charge in [-0.25, -0.2) is 4.79 Å². The van der Waals surface area contributed by atoms with E-state index in [0.717, 1.165) is 5.56 Å². The Morgan fingerprint density at radius 1 is 1.28 bits per heavy atom. The van der Waals surface area contributed by atoms with Crippen molar-refractivity contribution in [3.05, 3.63) is 41.8 Å². The Labute approximate surface area is 106 Å². The molecular formula is C14H15NO3. The second-order valence-corrected chi connectivity index (χ2v) is 4.91. The summed E-state index contributed by atoms with van der Waals surface area (Å²) in [4.78, 5) is 15.9. The second kappa shape index (κ2) is 4.64. The van der Waals surface area contributed by atoms with Crippen LogP contribution in [0.5, 0.6) is 5.75 Å². The number of esters is 1. The topological polar surface area (TPSA) is 47.9 Å². The van der Waals surface area contributed by atoms with Crippen LogP contribution in [-0.4, -0.2) is 17.8 Å². The number of hydrogen-bond donors (Lipinski definition) is 0. The van der Waals surface area contributed by atoms with Crippen LogP contribution < -0.4 is 4.74 Å². The van der Waals surface area contributed by atoms with Gasteiger partial charge in [-0.1, -0.05) is 12.1 Å². The van der Waals surface area contributed by atoms with Crippen LogP contribution >= 0.6 is 0 Å². The molecule has 18 heavy (non-hydrogen) atoms. The van der Waals surface area contributed by atoms with Crippen LogP contribution in [0.25, 0.3) is 0 Å². The van der Waals surface area contributed by atoms with E-state index in [1.54, 1.807) is 33.1 Å². The number of fused-ring (bicyclic) bond motifs is 1. The van der Waals surface area contributed by atoms with Gasteiger partial charge in [0.15, 0.2) is 0 Å². The van der Waals surface area contributed by atoms with Crippen molar-refractivity contribution in [2.24, 2.45) is 4.99 Å². The van der Waals surface area contributed by atoms with E-state index in [1.807, 2.05) is 18.2 Å². The van der Waals surface area contributed by atoms with Crippen molar-refractivity contribution in [2.75, 3.05) is 0 Å². The molecule has 0 radical (unpaired) electrons. The molecule has 0 amide bonds. The largest absolute Gasteiger partial charge is 0.454 e. The van der Waals surface area contributed by atoms with E-state index in [0.29, 0.717) is 5.75 Å². The molecule has 1 aromatic rings. The highest BCUT2D eigenvalue weighted by Gasteiger charge is 2.22. The number of carbonyl (C=O) groups excluding carboxylic acids is 1. The molecule has 2 rings (SSSR count). The number of ether oxygens (including phenoxy) is 2. The van der Waals surface area contributed by atoms with Crippen LogP contribution in [0.15, 0.2) is 41.2 Å². The molecule has 0 N–H and O–H groups in total. The molecule has 4 nitrogen and oxygen atoms in total. The van der Waals surface area contributed by atoms with Crippen molar-refractivity contribution < 1.29 is 14.3 Å². The zero-order valence-corrected chi connectivity index (χ0v) is 10.6. The highest BCUT2D eigenvalue weighted by molar-refractivity contribution is 5.90. The Morgan fingerprint density at radius 3 is 2.72 bits per heavy atom. The third kappa shape index (κ3) is 2.97. The van der Waals surface area contributed by atoms with Crippen LogP contribution in [-0.2, 0) is 9.53 Å². The molecule has 0 saturated carbocycles. The predicted molar refractivity (Wildman–Crippen MR) is 68.6 cm³/mol. The van der Waals surface area contributed by atoms with Crippen molar-refractivity contribution in [3.8, 4) is 5.75 Å². The fourth-order valence-corrected chi connectivity index (χ4v) is 1.43. The number of para-hydroxylation sites is 1. The number of benzene rings is 1. The van der Waals surface area contributed by atoms with Crippen molar-refractivity contribution in [1.82, 2.24) is 0 Å².